The van der Waals surface area contributed by atoms with Crippen LogP contribution in [0, 0.1) is 0 Å². The highest BCUT2D eigenvalue weighted by atomic mass is 35.5. The molecule has 0 aliphatic carbocycles. The monoisotopic (exact) mass is 379 g/mol. The number of H-pyrrole nitrogens is 1. The van der Waals surface area contributed by atoms with Crippen LogP contribution in [0.5, 0.6) is 0 Å². The van der Waals surface area contributed by atoms with E-state index in [0.717, 1.165) is 22.0 Å². The van der Waals surface area contributed by atoms with Crippen molar-refractivity contribution in [2.24, 2.45) is 0 Å². The second kappa shape index (κ2) is 7.25. The highest BCUT2D eigenvalue weighted by Gasteiger charge is 2.15. The molecule has 0 aliphatic rings. The molecule has 7 heteroatoms. The van der Waals surface area contributed by atoms with Crippen LogP contribution in [-0.2, 0) is 6.54 Å². The van der Waals surface area contributed by atoms with E-state index in [1.165, 1.54) is 0 Å². The van der Waals surface area contributed by atoms with Crippen molar-refractivity contribution in [1.82, 2.24) is 25.3 Å². The first-order valence-electron chi connectivity index (χ1n) is 8.61. The largest absolute Gasteiger partial charge is 0.361 e. The summed E-state index contributed by atoms with van der Waals surface area (Å²) in [6.07, 6.45) is 3.52. The van der Waals surface area contributed by atoms with Crippen LogP contribution in [0.25, 0.3) is 10.9 Å². The summed E-state index contributed by atoms with van der Waals surface area (Å²) in [5, 5.41) is 12.8. The lowest BCUT2D eigenvalue weighted by Crippen LogP contribution is -2.27. The molecule has 0 aliphatic heterocycles. The Hall–Kier alpha value is -3.12. The van der Waals surface area contributed by atoms with E-state index in [2.05, 4.69) is 26.7 Å². The third-order valence-corrected chi connectivity index (χ3v) is 4.86. The molecule has 2 aromatic carbocycles. The minimum Gasteiger partial charge on any atom is -0.361 e. The molecule has 0 saturated heterocycles. The van der Waals surface area contributed by atoms with Gasteiger partial charge in [-0.25, -0.2) is 4.68 Å². The van der Waals surface area contributed by atoms with E-state index in [0.29, 0.717) is 11.6 Å². The lowest BCUT2D eigenvalue weighted by molar-refractivity contribution is 0.0934. The predicted octanol–water partition coefficient (Wildman–Crippen LogP) is 3.95. The molecular weight excluding hydrogens is 362 g/mol. The third-order valence-electron chi connectivity index (χ3n) is 4.49. The summed E-state index contributed by atoms with van der Waals surface area (Å²) in [7, 11) is 0. The number of nitrogens with one attached hydrogen (secondary N) is 2. The molecule has 0 fully saturated rings. The number of benzene rings is 2. The third kappa shape index (κ3) is 3.71. The van der Waals surface area contributed by atoms with Gasteiger partial charge in [0, 0.05) is 16.7 Å². The summed E-state index contributed by atoms with van der Waals surface area (Å²) in [5.41, 5.74) is 3.29. The van der Waals surface area contributed by atoms with Crippen molar-refractivity contribution in [3.05, 3.63) is 82.8 Å². The van der Waals surface area contributed by atoms with Gasteiger partial charge in [-0.15, -0.1) is 5.10 Å². The summed E-state index contributed by atoms with van der Waals surface area (Å²) in [5.74, 6) is -0.262. The number of rotatable bonds is 5. The number of amides is 1. The summed E-state index contributed by atoms with van der Waals surface area (Å²) >= 11 is 6.17. The SMILES string of the molecule is C[C@@H](NC(=O)c1cn(Cc2ccccc2Cl)nn1)c1ccc2[nH]ccc2c1. The van der Waals surface area contributed by atoms with Crippen molar-refractivity contribution in [3.63, 3.8) is 0 Å². The number of nitrogens with zero attached hydrogens (tertiary/aromatic N) is 3. The highest BCUT2D eigenvalue weighted by Crippen LogP contribution is 2.20. The van der Waals surface area contributed by atoms with Crippen molar-refractivity contribution in [2.45, 2.75) is 19.5 Å². The maximum Gasteiger partial charge on any atom is 0.273 e. The molecule has 4 aromatic rings. The topological polar surface area (TPSA) is 75.6 Å². The Morgan fingerprint density at radius 2 is 2.11 bits per heavy atom. The first-order chi connectivity index (χ1) is 13.1. The summed E-state index contributed by atoms with van der Waals surface area (Å²) in [4.78, 5) is 15.7. The lowest BCUT2D eigenvalue weighted by atomic mass is 10.1. The Bertz CT molecular complexity index is 1100. The number of carbonyl (C=O) groups excluding carboxylic acids is 1. The van der Waals surface area contributed by atoms with E-state index in [9.17, 15) is 4.79 Å². The Balaban J connectivity index is 1.45. The number of halogens is 1. The van der Waals surface area contributed by atoms with Crippen molar-refractivity contribution in [1.29, 1.82) is 0 Å². The molecule has 1 atom stereocenters. The number of hydrogen-bond acceptors (Lipinski definition) is 3. The van der Waals surface area contributed by atoms with Gasteiger partial charge in [-0.1, -0.05) is 41.1 Å². The molecule has 2 N–H and O–H groups in total. The quantitative estimate of drug-likeness (QED) is 0.551. The van der Waals surface area contributed by atoms with Crippen molar-refractivity contribution in [2.75, 3.05) is 0 Å². The van der Waals surface area contributed by atoms with Crippen LogP contribution in [0.15, 0.2) is 60.9 Å². The molecule has 4 rings (SSSR count). The normalized spacial score (nSPS) is 12.2. The first kappa shape index (κ1) is 17.3. The van der Waals surface area contributed by atoms with Crippen LogP contribution < -0.4 is 5.32 Å². The molecule has 0 bridgehead atoms. The van der Waals surface area contributed by atoms with Crippen LogP contribution >= 0.6 is 11.6 Å². The van der Waals surface area contributed by atoms with Crippen molar-refractivity contribution < 1.29 is 4.79 Å². The van der Waals surface area contributed by atoms with E-state index in [-0.39, 0.29) is 17.6 Å². The van der Waals surface area contributed by atoms with Gasteiger partial charge in [0.15, 0.2) is 5.69 Å². The minimum absolute atomic E-state index is 0.148. The molecule has 1 amide bonds. The first-order valence-corrected chi connectivity index (χ1v) is 8.99. The Morgan fingerprint density at radius 1 is 1.26 bits per heavy atom. The average molecular weight is 380 g/mol. The number of hydrogen-bond donors (Lipinski definition) is 2. The van der Waals surface area contributed by atoms with E-state index >= 15 is 0 Å². The molecule has 0 spiro atoms. The maximum absolute atomic E-state index is 12.5. The summed E-state index contributed by atoms with van der Waals surface area (Å²) in [6, 6.07) is 15.5. The van der Waals surface area contributed by atoms with Crippen LogP contribution in [0.1, 0.15) is 34.6 Å². The lowest BCUT2D eigenvalue weighted by Gasteiger charge is -2.13. The number of carbonyl (C=O) groups is 1. The fourth-order valence-electron chi connectivity index (χ4n) is 2.98. The van der Waals surface area contributed by atoms with Gasteiger partial charge in [0.2, 0.25) is 0 Å². The Morgan fingerprint density at radius 3 is 2.96 bits per heavy atom. The second-order valence-electron chi connectivity index (χ2n) is 6.41. The van der Waals surface area contributed by atoms with Gasteiger partial charge in [-0.05, 0) is 47.7 Å². The molecule has 2 heterocycles. The molecule has 0 saturated carbocycles. The van der Waals surface area contributed by atoms with Gasteiger partial charge in [-0.2, -0.15) is 0 Å². The zero-order valence-corrected chi connectivity index (χ0v) is 15.4. The fraction of sp³-hybridized carbons (Fsp3) is 0.150. The molecule has 0 unspecified atom stereocenters. The molecule has 2 aromatic heterocycles. The molecule has 6 nitrogen and oxygen atoms in total. The average Bonchev–Trinajstić information content (AvgIpc) is 3.32. The van der Waals surface area contributed by atoms with Crippen molar-refractivity contribution >= 4 is 28.4 Å². The maximum atomic E-state index is 12.5. The van der Waals surface area contributed by atoms with Crippen LogP contribution in [0.4, 0.5) is 0 Å². The summed E-state index contributed by atoms with van der Waals surface area (Å²) in [6.45, 7) is 2.40. The van der Waals surface area contributed by atoms with Crippen LogP contribution in [-0.4, -0.2) is 25.9 Å². The molecular formula is C20H18ClN5O. The van der Waals surface area contributed by atoms with Gasteiger partial charge in [0.05, 0.1) is 18.8 Å². The number of fused-ring (bicyclic) bond motifs is 1. The van der Waals surface area contributed by atoms with Gasteiger partial charge in [0.25, 0.3) is 5.91 Å². The van der Waals surface area contributed by atoms with Gasteiger partial charge < -0.3 is 10.3 Å². The van der Waals surface area contributed by atoms with Crippen LogP contribution in [0.3, 0.4) is 0 Å². The number of aromatic nitrogens is 4. The van der Waals surface area contributed by atoms with E-state index < -0.39 is 0 Å². The molecule has 0 radical (unpaired) electrons. The van der Waals surface area contributed by atoms with E-state index in [1.807, 2.05) is 55.6 Å². The van der Waals surface area contributed by atoms with E-state index in [1.54, 1.807) is 10.9 Å². The molecule has 27 heavy (non-hydrogen) atoms. The van der Waals surface area contributed by atoms with Crippen molar-refractivity contribution in [3.8, 4) is 0 Å². The Kier molecular flexibility index (Phi) is 4.64. The highest BCUT2D eigenvalue weighted by molar-refractivity contribution is 6.31. The van der Waals surface area contributed by atoms with E-state index in [4.69, 9.17) is 11.6 Å². The van der Waals surface area contributed by atoms with Gasteiger partial charge in [-0.3, -0.25) is 4.79 Å². The van der Waals surface area contributed by atoms with Gasteiger partial charge >= 0.3 is 0 Å². The van der Waals surface area contributed by atoms with Crippen LogP contribution in [0.2, 0.25) is 5.02 Å². The standard InChI is InChI=1S/C20H18ClN5O/c1-13(14-6-7-18-15(10-14)8-9-22-18)23-20(27)19-12-26(25-24-19)11-16-4-2-3-5-17(16)21/h2-10,12-13,22H,11H2,1H3,(H,23,27)/t13-/m1/s1. The molecule has 136 valence electrons. The predicted molar refractivity (Wildman–Crippen MR) is 105 cm³/mol. The van der Waals surface area contributed by atoms with Gasteiger partial charge in [0.1, 0.15) is 0 Å². The number of aromatic amines is 1. The zero-order valence-electron chi connectivity index (χ0n) is 14.7. The fourth-order valence-corrected chi connectivity index (χ4v) is 3.17. The zero-order chi connectivity index (χ0) is 18.8. The smallest absolute Gasteiger partial charge is 0.273 e. The Labute approximate surface area is 161 Å². The summed E-state index contributed by atoms with van der Waals surface area (Å²) < 4.78 is 1.60. The minimum atomic E-state index is -0.262. The second-order valence-corrected chi connectivity index (χ2v) is 6.82.